The molecule has 3 heteroatoms. The van der Waals surface area contributed by atoms with Crippen LogP contribution in [0.3, 0.4) is 0 Å². The monoisotopic (exact) mass is 177 g/mol. The Morgan fingerprint density at radius 1 is 1.38 bits per heavy atom. The predicted molar refractivity (Wildman–Crippen MR) is 51.9 cm³/mol. The standard InChI is InChI=1S/C10H15N3/c11-9(7-3-4-7)10(12)8-2-1-5-13-6-8/h1-2,5-7,9-10H,3-4,11-12H2. The number of aromatic nitrogens is 1. The SMILES string of the molecule is NC(c1cccnc1)C(N)C1CC1. The third-order valence-electron chi connectivity index (χ3n) is 2.65. The zero-order valence-corrected chi connectivity index (χ0v) is 7.56. The van der Waals surface area contributed by atoms with E-state index in [4.69, 9.17) is 11.5 Å². The predicted octanol–water partition coefficient (Wildman–Crippen LogP) is 0.819. The van der Waals surface area contributed by atoms with Gasteiger partial charge in [0, 0.05) is 24.5 Å². The van der Waals surface area contributed by atoms with Crippen molar-refractivity contribution >= 4 is 0 Å². The summed E-state index contributed by atoms with van der Waals surface area (Å²) in [6.45, 7) is 0. The van der Waals surface area contributed by atoms with E-state index < -0.39 is 0 Å². The van der Waals surface area contributed by atoms with Crippen LogP contribution in [-0.2, 0) is 0 Å². The van der Waals surface area contributed by atoms with E-state index >= 15 is 0 Å². The van der Waals surface area contributed by atoms with E-state index in [2.05, 4.69) is 4.98 Å². The van der Waals surface area contributed by atoms with Crippen LogP contribution in [-0.4, -0.2) is 11.0 Å². The van der Waals surface area contributed by atoms with Crippen LogP contribution < -0.4 is 11.5 Å². The second kappa shape index (κ2) is 3.44. The van der Waals surface area contributed by atoms with Gasteiger partial charge in [-0.05, 0) is 30.4 Å². The zero-order chi connectivity index (χ0) is 9.26. The van der Waals surface area contributed by atoms with Gasteiger partial charge in [0.2, 0.25) is 0 Å². The van der Waals surface area contributed by atoms with Crippen LogP contribution >= 0.6 is 0 Å². The second-order valence-corrected chi connectivity index (χ2v) is 3.73. The number of nitrogens with two attached hydrogens (primary N) is 2. The van der Waals surface area contributed by atoms with Crippen LogP contribution in [0, 0.1) is 5.92 Å². The first-order valence-corrected chi connectivity index (χ1v) is 4.70. The van der Waals surface area contributed by atoms with Gasteiger partial charge in [0.1, 0.15) is 0 Å². The maximum absolute atomic E-state index is 6.01. The summed E-state index contributed by atoms with van der Waals surface area (Å²) in [4.78, 5) is 4.03. The van der Waals surface area contributed by atoms with Gasteiger partial charge in [-0.2, -0.15) is 0 Å². The van der Waals surface area contributed by atoms with Gasteiger partial charge in [0.05, 0.1) is 0 Å². The van der Waals surface area contributed by atoms with Crippen LogP contribution in [0.15, 0.2) is 24.5 Å². The lowest BCUT2D eigenvalue weighted by atomic mass is 9.99. The molecule has 0 aliphatic heterocycles. The molecule has 1 saturated carbocycles. The molecule has 70 valence electrons. The minimum Gasteiger partial charge on any atom is -0.326 e. The lowest BCUT2D eigenvalue weighted by Crippen LogP contribution is -2.35. The van der Waals surface area contributed by atoms with Crippen molar-refractivity contribution in [1.29, 1.82) is 0 Å². The zero-order valence-electron chi connectivity index (χ0n) is 7.56. The normalized spacial score (nSPS) is 21.1. The lowest BCUT2D eigenvalue weighted by Gasteiger charge is -2.19. The van der Waals surface area contributed by atoms with E-state index in [-0.39, 0.29) is 12.1 Å². The number of hydrogen-bond acceptors (Lipinski definition) is 3. The van der Waals surface area contributed by atoms with Gasteiger partial charge in [-0.15, -0.1) is 0 Å². The first kappa shape index (κ1) is 8.66. The fourth-order valence-corrected chi connectivity index (χ4v) is 1.57. The van der Waals surface area contributed by atoms with Crippen molar-refractivity contribution in [2.45, 2.75) is 24.9 Å². The molecular formula is C10H15N3. The molecule has 13 heavy (non-hydrogen) atoms. The molecule has 0 radical (unpaired) electrons. The van der Waals surface area contributed by atoms with Crippen molar-refractivity contribution in [3.63, 3.8) is 0 Å². The number of nitrogens with zero attached hydrogens (tertiary/aromatic N) is 1. The molecule has 1 heterocycles. The molecule has 0 saturated heterocycles. The summed E-state index contributed by atoms with van der Waals surface area (Å²) in [5.41, 5.74) is 13.1. The third kappa shape index (κ3) is 1.87. The molecule has 1 aliphatic carbocycles. The molecule has 0 amide bonds. The molecule has 0 spiro atoms. The van der Waals surface area contributed by atoms with Crippen LogP contribution in [0.5, 0.6) is 0 Å². The van der Waals surface area contributed by atoms with E-state index in [9.17, 15) is 0 Å². The summed E-state index contributed by atoms with van der Waals surface area (Å²) < 4.78 is 0. The van der Waals surface area contributed by atoms with Crippen molar-refractivity contribution in [1.82, 2.24) is 4.98 Å². The maximum atomic E-state index is 6.01. The number of hydrogen-bond donors (Lipinski definition) is 2. The molecule has 3 nitrogen and oxygen atoms in total. The molecule has 2 rings (SSSR count). The van der Waals surface area contributed by atoms with Crippen LogP contribution in [0.2, 0.25) is 0 Å². The Balaban J connectivity index is 2.07. The maximum Gasteiger partial charge on any atom is 0.0466 e. The molecule has 1 fully saturated rings. The van der Waals surface area contributed by atoms with Crippen molar-refractivity contribution in [2.75, 3.05) is 0 Å². The number of rotatable bonds is 3. The van der Waals surface area contributed by atoms with Crippen molar-refractivity contribution in [3.05, 3.63) is 30.1 Å². The molecular weight excluding hydrogens is 162 g/mol. The molecule has 0 bridgehead atoms. The average molecular weight is 177 g/mol. The van der Waals surface area contributed by atoms with E-state index in [0.29, 0.717) is 5.92 Å². The van der Waals surface area contributed by atoms with Gasteiger partial charge in [-0.3, -0.25) is 4.98 Å². The van der Waals surface area contributed by atoms with Gasteiger partial charge < -0.3 is 11.5 Å². The summed E-state index contributed by atoms with van der Waals surface area (Å²) in [7, 11) is 0. The van der Waals surface area contributed by atoms with E-state index in [0.717, 1.165) is 5.56 Å². The minimum atomic E-state index is -0.0544. The Morgan fingerprint density at radius 3 is 2.69 bits per heavy atom. The Bertz CT molecular complexity index is 269. The molecule has 1 aromatic heterocycles. The highest BCUT2D eigenvalue weighted by atomic mass is 14.8. The summed E-state index contributed by atoms with van der Waals surface area (Å²) in [6, 6.07) is 3.93. The van der Waals surface area contributed by atoms with Gasteiger partial charge >= 0.3 is 0 Å². The quantitative estimate of drug-likeness (QED) is 0.718. The third-order valence-corrected chi connectivity index (χ3v) is 2.65. The van der Waals surface area contributed by atoms with Crippen LogP contribution in [0.25, 0.3) is 0 Å². The highest BCUT2D eigenvalue weighted by Crippen LogP contribution is 2.35. The Labute approximate surface area is 78.1 Å². The van der Waals surface area contributed by atoms with Gasteiger partial charge in [-0.1, -0.05) is 6.07 Å². The van der Waals surface area contributed by atoms with Gasteiger partial charge in [-0.25, -0.2) is 0 Å². The summed E-state index contributed by atoms with van der Waals surface area (Å²) in [5.74, 6) is 0.634. The fraction of sp³-hybridized carbons (Fsp3) is 0.500. The summed E-state index contributed by atoms with van der Waals surface area (Å²) in [6.07, 6.45) is 6.01. The number of pyridine rings is 1. The van der Waals surface area contributed by atoms with Gasteiger partial charge in [0.15, 0.2) is 0 Å². The van der Waals surface area contributed by atoms with Crippen LogP contribution in [0.4, 0.5) is 0 Å². The second-order valence-electron chi connectivity index (χ2n) is 3.73. The molecule has 4 N–H and O–H groups in total. The topological polar surface area (TPSA) is 64.9 Å². The molecule has 2 unspecified atom stereocenters. The van der Waals surface area contributed by atoms with Crippen molar-refractivity contribution in [3.8, 4) is 0 Å². The fourth-order valence-electron chi connectivity index (χ4n) is 1.57. The van der Waals surface area contributed by atoms with E-state index in [1.807, 2.05) is 12.1 Å². The van der Waals surface area contributed by atoms with Crippen molar-refractivity contribution < 1.29 is 0 Å². The highest BCUT2D eigenvalue weighted by Gasteiger charge is 2.32. The smallest absolute Gasteiger partial charge is 0.0466 e. The molecule has 2 atom stereocenters. The summed E-state index contributed by atoms with van der Waals surface area (Å²) >= 11 is 0. The summed E-state index contributed by atoms with van der Waals surface area (Å²) in [5, 5.41) is 0. The molecule has 1 aromatic rings. The van der Waals surface area contributed by atoms with E-state index in [1.165, 1.54) is 12.8 Å². The molecule has 1 aliphatic rings. The minimum absolute atomic E-state index is 0.0544. The van der Waals surface area contributed by atoms with Crippen molar-refractivity contribution in [2.24, 2.45) is 17.4 Å². The first-order valence-electron chi connectivity index (χ1n) is 4.70. The Morgan fingerprint density at radius 2 is 2.15 bits per heavy atom. The largest absolute Gasteiger partial charge is 0.326 e. The molecule has 0 aromatic carbocycles. The Kier molecular flexibility index (Phi) is 2.29. The van der Waals surface area contributed by atoms with Crippen LogP contribution in [0.1, 0.15) is 24.4 Å². The Hall–Kier alpha value is -0.930. The van der Waals surface area contributed by atoms with Gasteiger partial charge in [0.25, 0.3) is 0 Å². The lowest BCUT2D eigenvalue weighted by molar-refractivity contribution is 0.493. The average Bonchev–Trinajstić information content (AvgIpc) is 3.00. The van der Waals surface area contributed by atoms with E-state index in [1.54, 1.807) is 12.4 Å². The first-order chi connectivity index (χ1) is 6.29. The highest BCUT2D eigenvalue weighted by molar-refractivity contribution is 5.16.